The highest BCUT2D eigenvalue weighted by Gasteiger charge is 2.15. The van der Waals surface area contributed by atoms with Gasteiger partial charge in [-0.15, -0.1) is 0 Å². The molecule has 0 atom stereocenters. The maximum Gasteiger partial charge on any atom is 0.166 e. The minimum absolute atomic E-state index is 0.230. The maximum absolute atomic E-state index is 14.9. The molecule has 0 radical (unpaired) electrons. The van der Waals surface area contributed by atoms with Crippen molar-refractivity contribution in [2.24, 2.45) is 0 Å². The molecule has 2 nitrogen and oxygen atoms in total. The predicted molar refractivity (Wildman–Crippen MR) is 143 cm³/mol. The van der Waals surface area contributed by atoms with Crippen LogP contribution in [-0.2, 0) is 12.8 Å². The number of benzene rings is 4. The number of hydrogen-bond donors (Lipinski definition) is 0. The van der Waals surface area contributed by atoms with E-state index in [2.05, 4.69) is 6.92 Å². The van der Waals surface area contributed by atoms with E-state index in [9.17, 15) is 13.2 Å². The van der Waals surface area contributed by atoms with Crippen LogP contribution in [0.5, 0.6) is 11.5 Å². The first-order valence-corrected chi connectivity index (χ1v) is 12.7. The van der Waals surface area contributed by atoms with Gasteiger partial charge in [0.25, 0.3) is 0 Å². The summed E-state index contributed by atoms with van der Waals surface area (Å²) in [6.07, 6.45) is 2.93. The summed E-state index contributed by atoms with van der Waals surface area (Å²) in [6.45, 7) is 4.94. The van der Waals surface area contributed by atoms with E-state index in [1.54, 1.807) is 42.5 Å². The molecule has 0 aliphatic rings. The Bertz CT molecular complexity index is 1320. The molecule has 0 saturated heterocycles. The lowest BCUT2D eigenvalue weighted by Gasteiger charge is -2.11. The van der Waals surface area contributed by atoms with E-state index in [4.69, 9.17) is 9.47 Å². The third kappa shape index (κ3) is 6.53. The summed E-state index contributed by atoms with van der Waals surface area (Å²) in [5.41, 5.74) is 3.77. The van der Waals surface area contributed by atoms with Crippen LogP contribution in [0, 0.1) is 17.5 Å². The van der Waals surface area contributed by atoms with E-state index in [1.165, 1.54) is 6.07 Å². The molecule has 4 aromatic carbocycles. The highest BCUT2D eigenvalue weighted by molar-refractivity contribution is 5.66. The molecule has 0 N–H and O–H groups in total. The van der Waals surface area contributed by atoms with Crippen molar-refractivity contribution in [1.82, 2.24) is 0 Å². The van der Waals surface area contributed by atoms with E-state index in [0.29, 0.717) is 42.9 Å². The Labute approximate surface area is 216 Å². The molecular formula is C32H31F3O2. The molecule has 0 aromatic heterocycles. The van der Waals surface area contributed by atoms with Crippen LogP contribution in [-0.4, -0.2) is 13.2 Å². The lowest BCUT2D eigenvalue weighted by atomic mass is 9.97. The fourth-order valence-electron chi connectivity index (χ4n) is 4.17. The molecule has 0 aliphatic carbocycles. The summed E-state index contributed by atoms with van der Waals surface area (Å²) in [5.74, 6) is -1.11. The van der Waals surface area contributed by atoms with Gasteiger partial charge in [-0.05, 0) is 78.3 Å². The van der Waals surface area contributed by atoms with Crippen LogP contribution in [0.3, 0.4) is 0 Å². The van der Waals surface area contributed by atoms with Gasteiger partial charge in [0.1, 0.15) is 5.75 Å². The number of aryl methyl sites for hydroxylation is 2. The van der Waals surface area contributed by atoms with Gasteiger partial charge in [-0.2, -0.15) is 0 Å². The average molecular weight is 505 g/mol. The second-order valence-electron chi connectivity index (χ2n) is 8.90. The number of halogens is 3. The molecule has 0 spiro atoms. The van der Waals surface area contributed by atoms with Gasteiger partial charge in [-0.25, -0.2) is 13.2 Å². The Kier molecular flexibility index (Phi) is 8.89. The average Bonchev–Trinajstić information content (AvgIpc) is 2.92. The molecule has 5 heteroatoms. The van der Waals surface area contributed by atoms with Crippen molar-refractivity contribution in [3.05, 3.63) is 107 Å². The molecule has 0 saturated carbocycles. The third-order valence-electron chi connectivity index (χ3n) is 6.30. The SMILES string of the molecule is CCCCOc1ccc(-c2ccc(CCc3ccc(-c4ccc(OCC)c(F)c4)cc3)c(F)c2F)cc1. The largest absolute Gasteiger partial charge is 0.494 e. The minimum atomic E-state index is -0.843. The number of unbranched alkanes of at least 4 members (excludes halogenated alkanes) is 1. The molecule has 37 heavy (non-hydrogen) atoms. The second kappa shape index (κ2) is 12.5. The summed E-state index contributed by atoms with van der Waals surface area (Å²) in [4.78, 5) is 0. The minimum Gasteiger partial charge on any atom is -0.494 e. The van der Waals surface area contributed by atoms with Crippen molar-refractivity contribution in [2.75, 3.05) is 13.2 Å². The fraction of sp³-hybridized carbons (Fsp3) is 0.250. The standard InChI is InChI=1S/C32H31F3O2/c1-3-5-20-37-27-16-12-24(13-17-27)28-18-14-25(31(34)32(28)35)11-8-22-6-9-23(10-7-22)26-15-19-30(36-4-2)29(33)21-26/h6-7,9-10,12-19,21H,3-5,8,11,20H2,1-2H3. The van der Waals surface area contributed by atoms with Crippen LogP contribution < -0.4 is 9.47 Å². The van der Waals surface area contributed by atoms with Crippen molar-refractivity contribution < 1.29 is 22.6 Å². The first-order valence-electron chi connectivity index (χ1n) is 12.7. The maximum atomic E-state index is 14.9. The van der Waals surface area contributed by atoms with E-state index in [1.807, 2.05) is 37.3 Å². The van der Waals surface area contributed by atoms with Gasteiger partial charge in [0.15, 0.2) is 23.2 Å². The Hall–Kier alpha value is -3.73. The van der Waals surface area contributed by atoms with Crippen molar-refractivity contribution in [3.8, 4) is 33.8 Å². The van der Waals surface area contributed by atoms with Crippen molar-refractivity contribution in [1.29, 1.82) is 0 Å². The molecule has 0 fully saturated rings. The molecule has 0 amide bonds. The molecule has 0 aliphatic heterocycles. The Morgan fingerprint density at radius 1 is 0.649 bits per heavy atom. The Morgan fingerprint density at radius 3 is 2.03 bits per heavy atom. The zero-order valence-electron chi connectivity index (χ0n) is 21.2. The summed E-state index contributed by atoms with van der Waals surface area (Å²) < 4.78 is 54.9. The topological polar surface area (TPSA) is 18.5 Å². The smallest absolute Gasteiger partial charge is 0.166 e. The molecule has 4 rings (SSSR count). The van der Waals surface area contributed by atoms with E-state index >= 15 is 0 Å². The first kappa shape index (κ1) is 26.3. The van der Waals surface area contributed by atoms with Gasteiger partial charge in [0, 0.05) is 5.56 Å². The van der Waals surface area contributed by atoms with Crippen molar-refractivity contribution in [2.45, 2.75) is 39.5 Å². The van der Waals surface area contributed by atoms with E-state index in [-0.39, 0.29) is 11.3 Å². The molecule has 4 aromatic rings. The number of hydrogen-bond acceptors (Lipinski definition) is 2. The van der Waals surface area contributed by atoms with Crippen molar-refractivity contribution >= 4 is 0 Å². The van der Waals surface area contributed by atoms with E-state index in [0.717, 1.165) is 29.5 Å². The first-order chi connectivity index (χ1) is 18.0. The van der Waals surface area contributed by atoms with Crippen LogP contribution in [0.25, 0.3) is 22.3 Å². The quantitative estimate of drug-likeness (QED) is 0.190. The van der Waals surface area contributed by atoms with Gasteiger partial charge in [-0.1, -0.05) is 67.9 Å². The Morgan fingerprint density at radius 2 is 1.35 bits per heavy atom. The van der Waals surface area contributed by atoms with Gasteiger partial charge in [0.05, 0.1) is 13.2 Å². The van der Waals surface area contributed by atoms with Gasteiger partial charge >= 0.3 is 0 Å². The molecule has 0 heterocycles. The summed E-state index contributed by atoms with van der Waals surface area (Å²) >= 11 is 0. The van der Waals surface area contributed by atoms with Crippen LogP contribution in [0.1, 0.15) is 37.8 Å². The van der Waals surface area contributed by atoms with Gasteiger partial charge in [-0.3, -0.25) is 0 Å². The summed E-state index contributed by atoms with van der Waals surface area (Å²) in [6, 6.07) is 22.9. The lowest BCUT2D eigenvalue weighted by molar-refractivity contribution is 0.309. The van der Waals surface area contributed by atoms with Crippen LogP contribution in [0.4, 0.5) is 13.2 Å². The van der Waals surface area contributed by atoms with Gasteiger partial charge < -0.3 is 9.47 Å². The van der Waals surface area contributed by atoms with Gasteiger partial charge in [0.2, 0.25) is 0 Å². The highest BCUT2D eigenvalue weighted by Crippen LogP contribution is 2.29. The van der Waals surface area contributed by atoms with Crippen molar-refractivity contribution in [3.63, 3.8) is 0 Å². The number of rotatable bonds is 11. The summed E-state index contributed by atoms with van der Waals surface area (Å²) in [7, 11) is 0. The zero-order chi connectivity index (χ0) is 26.2. The zero-order valence-corrected chi connectivity index (χ0v) is 21.2. The normalized spacial score (nSPS) is 10.9. The highest BCUT2D eigenvalue weighted by atomic mass is 19.2. The molecular weight excluding hydrogens is 473 g/mol. The molecule has 192 valence electrons. The monoisotopic (exact) mass is 504 g/mol. The Balaban J connectivity index is 1.40. The van der Waals surface area contributed by atoms with E-state index < -0.39 is 17.5 Å². The summed E-state index contributed by atoms with van der Waals surface area (Å²) in [5, 5.41) is 0. The lowest BCUT2D eigenvalue weighted by Crippen LogP contribution is -2.00. The van der Waals surface area contributed by atoms with Crippen LogP contribution >= 0.6 is 0 Å². The fourth-order valence-corrected chi connectivity index (χ4v) is 4.17. The third-order valence-corrected chi connectivity index (χ3v) is 6.30. The predicted octanol–water partition coefficient (Wildman–Crippen LogP) is 8.80. The second-order valence-corrected chi connectivity index (χ2v) is 8.90. The number of ether oxygens (including phenoxy) is 2. The molecule has 0 unspecified atom stereocenters. The van der Waals surface area contributed by atoms with Crippen LogP contribution in [0.2, 0.25) is 0 Å². The van der Waals surface area contributed by atoms with Crippen LogP contribution in [0.15, 0.2) is 78.9 Å². The molecule has 0 bridgehead atoms.